The number of benzene rings is 2. The molecule has 5 heteroatoms. The van der Waals surface area contributed by atoms with Crippen LogP contribution >= 0.6 is 0 Å². The van der Waals surface area contributed by atoms with Crippen molar-refractivity contribution in [1.82, 2.24) is 20.2 Å². The van der Waals surface area contributed by atoms with Crippen LogP contribution in [0, 0.1) is 0 Å². The number of phenolic OH excluding ortho intramolecular Hbond substituents is 1. The Balaban J connectivity index is 2.38. The lowest BCUT2D eigenvalue weighted by Gasteiger charge is -2.05. The van der Waals surface area contributed by atoms with Crippen LogP contribution in [0.15, 0.2) is 42.7 Å². The Hall–Kier alpha value is -2.43. The first-order valence-electron chi connectivity index (χ1n) is 4.80. The average Bonchev–Trinajstić information content (AvgIpc) is 2.82. The van der Waals surface area contributed by atoms with E-state index in [0.717, 1.165) is 16.5 Å². The van der Waals surface area contributed by atoms with E-state index in [2.05, 4.69) is 15.5 Å². The molecule has 0 aliphatic heterocycles. The highest BCUT2D eigenvalue weighted by Gasteiger charge is 2.05. The van der Waals surface area contributed by atoms with E-state index in [1.807, 2.05) is 24.3 Å². The Kier molecular flexibility index (Phi) is 1.83. The molecule has 5 nitrogen and oxygen atoms in total. The summed E-state index contributed by atoms with van der Waals surface area (Å²) in [5.41, 5.74) is 0.846. The van der Waals surface area contributed by atoms with Gasteiger partial charge in [-0.15, -0.1) is 5.10 Å². The van der Waals surface area contributed by atoms with E-state index in [1.54, 1.807) is 16.8 Å². The number of aromatic nitrogens is 4. The molecule has 1 heterocycles. The highest BCUT2D eigenvalue weighted by Crippen LogP contribution is 2.28. The van der Waals surface area contributed by atoms with Gasteiger partial charge in [-0.2, -0.15) is 4.68 Å². The molecule has 0 aliphatic rings. The lowest BCUT2D eigenvalue weighted by molar-refractivity contribution is 0.481. The van der Waals surface area contributed by atoms with Crippen molar-refractivity contribution in [2.75, 3.05) is 0 Å². The second-order valence-corrected chi connectivity index (χ2v) is 3.40. The van der Waals surface area contributed by atoms with Gasteiger partial charge in [-0.05, 0) is 22.6 Å². The molecule has 2 aromatic carbocycles. The van der Waals surface area contributed by atoms with Crippen molar-refractivity contribution in [2.45, 2.75) is 0 Å². The molecule has 3 rings (SSSR count). The third kappa shape index (κ3) is 1.22. The molecule has 16 heavy (non-hydrogen) atoms. The number of phenols is 1. The van der Waals surface area contributed by atoms with Crippen LogP contribution in [0.25, 0.3) is 16.5 Å². The van der Waals surface area contributed by atoms with Crippen molar-refractivity contribution in [3.63, 3.8) is 0 Å². The smallest absolute Gasteiger partial charge is 0.143 e. The Labute approximate surface area is 90.9 Å². The maximum absolute atomic E-state index is 9.73. The lowest BCUT2D eigenvalue weighted by Crippen LogP contribution is -1.95. The normalized spacial score (nSPS) is 10.8. The second kappa shape index (κ2) is 3.30. The molecule has 1 aromatic heterocycles. The summed E-state index contributed by atoms with van der Waals surface area (Å²) in [6, 6.07) is 11.0. The molecule has 0 spiro atoms. The van der Waals surface area contributed by atoms with Crippen LogP contribution in [0.1, 0.15) is 0 Å². The largest absolute Gasteiger partial charge is 0.507 e. The van der Waals surface area contributed by atoms with Crippen molar-refractivity contribution in [3.8, 4) is 11.4 Å². The van der Waals surface area contributed by atoms with E-state index in [4.69, 9.17) is 0 Å². The number of hydrogen-bond acceptors (Lipinski definition) is 4. The number of tetrazole rings is 1. The van der Waals surface area contributed by atoms with Crippen LogP contribution in [0.5, 0.6) is 5.75 Å². The summed E-state index contributed by atoms with van der Waals surface area (Å²) in [5, 5.41) is 22.5. The maximum atomic E-state index is 9.73. The molecule has 1 N–H and O–H groups in total. The van der Waals surface area contributed by atoms with Gasteiger partial charge in [0.05, 0.1) is 5.69 Å². The number of fused-ring (bicyclic) bond motifs is 1. The van der Waals surface area contributed by atoms with Crippen LogP contribution in [-0.2, 0) is 0 Å². The van der Waals surface area contributed by atoms with Crippen molar-refractivity contribution in [1.29, 1.82) is 0 Å². The zero-order valence-electron chi connectivity index (χ0n) is 8.28. The van der Waals surface area contributed by atoms with E-state index < -0.39 is 0 Å². The zero-order valence-corrected chi connectivity index (χ0v) is 8.28. The fourth-order valence-corrected chi connectivity index (χ4v) is 1.75. The molecule has 3 aromatic rings. The predicted molar refractivity (Wildman–Crippen MR) is 58.3 cm³/mol. The lowest BCUT2D eigenvalue weighted by atomic mass is 10.1. The Morgan fingerprint density at radius 2 is 1.81 bits per heavy atom. The first kappa shape index (κ1) is 8.84. The number of hydrogen-bond donors (Lipinski definition) is 1. The molecule has 0 fully saturated rings. The van der Waals surface area contributed by atoms with Gasteiger partial charge in [-0.25, -0.2) is 0 Å². The molecule has 0 saturated carbocycles. The van der Waals surface area contributed by atoms with E-state index >= 15 is 0 Å². The molecular formula is C11H8N4O. The molecule has 0 radical (unpaired) electrons. The Morgan fingerprint density at radius 1 is 1.00 bits per heavy atom. The molecule has 78 valence electrons. The number of aromatic hydroxyl groups is 1. The van der Waals surface area contributed by atoms with Crippen LogP contribution in [0.2, 0.25) is 0 Å². The third-order valence-electron chi connectivity index (χ3n) is 2.47. The minimum atomic E-state index is 0.257. The number of rotatable bonds is 1. The summed E-state index contributed by atoms with van der Waals surface area (Å²) in [7, 11) is 0. The van der Waals surface area contributed by atoms with E-state index in [9.17, 15) is 5.11 Å². The topological polar surface area (TPSA) is 63.8 Å². The highest BCUT2D eigenvalue weighted by atomic mass is 16.3. The van der Waals surface area contributed by atoms with Crippen LogP contribution < -0.4 is 0 Å². The van der Waals surface area contributed by atoms with E-state index in [1.165, 1.54) is 6.33 Å². The maximum Gasteiger partial charge on any atom is 0.143 e. The first-order valence-corrected chi connectivity index (χ1v) is 4.80. The second-order valence-electron chi connectivity index (χ2n) is 3.40. The van der Waals surface area contributed by atoms with Gasteiger partial charge in [0.15, 0.2) is 0 Å². The van der Waals surface area contributed by atoms with Gasteiger partial charge in [-0.3, -0.25) is 0 Å². The van der Waals surface area contributed by atoms with E-state index in [-0.39, 0.29) is 5.75 Å². The van der Waals surface area contributed by atoms with Gasteiger partial charge in [0.1, 0.15) is 12.1 Å². The molecule has 0 bridgehead atoms. The summed E-state index contributed by atoms with van der Waals surface area (Å²) in [5.74, 6) is 0.257. The molecule has 0 amide bonds. The summed E-state index contributed by atoms with van der Waals surface area (Å²) < 4.78 is 1.57. The quantitative estimate of drug-likeness (QED) is 0.664. The van der Waals surface area contributed by atoms with Crippen molar-refractivity contribution in [2.24, 2.45) is 0 Å². The SMILES string of the molecule is Oc1cccc2c(-n3cnnn3)cccc12. The van der Waals surface area contributed by atoms with Crippen molar-refractivity contribution < 1.29 is 5.11 Å². The van der Waals surface area contributed by atoms with Gasteiger partial charge >= 0.3 is 0 Å². The summed E-state index contributed by atoms with van der Waals surface area (Å²) in [4.78, 5) is 0. The Morgan fingerprint density at radius 3 is 2.62 bits per heavy atom. The monoisotopic (exact) mass is 212 g/mol. The van der Waals surface area contributed by atoms with Gasteiger partial charge in [0.2, 0.25) is 0 Å². The van der Waals surface area contributed by atoms with Crippen LogP contribution in [-0.4, -0.2) is 25.3 Å². The average molecular weight is 212 g/mol. The molecular weight excluding hydrogens is 204 g/mol. The van der Waals surface area contributed by atoms with Crippen LogP contribution in [0.3, 0.4) is 0 Å². The Bertz CT molecular complexity index is 634. The first-order chi connectivity index (χ1) is 7.86. The minimum absolute atomic E-state index is 0.257. The van der Waals surface area contributed by atoms with Crippen molar-refractivity contribution >= 4 is 10.8 Å². The fraction of sp³-hybridized carbons (Fsp3) is 0. The van der Waals surface area contributed by atoms with Gasteiger partial charge < -0.3 is 5.11 Å². The summed E-state index contributed by atoms with van der Waals surface area (Å²) in [6.07, 6.45) is 1.53. The molecule has 0 unspecified atom stereocenters. The standard InChI is InChI=1S/C11H8N4O/c16-11-6-2-3-8-9(11)4-1-5-10(8)15-7-12-13-14-15/h1-7,16H. The minimum Gasteiger partial charge on any atom is -0.507 e. The fourth-order valence-electron chi connectivity index (χ4n) is 1.75. The molecule has 0 aliphatic carbocycles. The zero-order chi connectivity index (χ0) is 11.0. The van der Waals surface area contributed by atoms with Gasteiger partial charge in [-0.1, -0.05) is 24.3 Å². The van der Waals surface area contributed by atoms with Gasteiger partial charge in [0, 0.05) is 10.8 Å². The summed E-state index contributed by atoms with van der Waals surface area (Å²) in [6.45, 7) is 0. The highest BCUT2D eigenvalue weighted by molar-refractivity contribution is 5.94. The van der Waals surface area contributed by atoms with Crippen molar-refractivity contribution in [3.05, 3.63) is 42.7 Å². The third-order valence-corrected chi connectivity index (χ3v) is 2.47. The predicted octanol–water partition coefficient (Wildman–Crippen LogP) is 1.52. The van der Waals surface area contributed by atoms with Gasteiger partial charge in [0.25, 0.3) is 0 Å². The van der Waals surface area contributed by atoms with E-state index in [0.29, 0.717) is 0 Å². The van der Waals surface area contributed by atoms with Crippen LogP contribution in [0.4, 0.5) is 0 Å². The summed E-state index contributed by atoms with van der Waals surface area (Å²) >= 11 is 0. The number of nitrogens with zero attached hydrogens (tertiary/aromatic N) is 4. The molecule has 0 atom stereocenters. The molecule has 0 saturated heterocycles.